The van der Waals surface area contributed by atoms with Crippen LogP contribution >= 0.6 is 12.4 Å². The number of hydrogen-bond donors (Lipinski definition) is 1. The van der Waals surface area contributed by atoms with Gasteiger partial charge >= 0.3 is 0 Å². The lowest BCUT2D eigenvalue weighted by Crippen LogP contribution is -2.61. The molecule has 2 fully saturated rings. The molecule has 0 spiro atoms. The lowest BCUT2D eigenvalue weighted by atomic mass is 9.79. The number of carbonyl (C=O) groups is 1. The number of amides is 1. The average molecular weight is 424 g/mol. The molecule has 0 atom stereocenters. The third-order valence-corrected chi connectivity index (χ3v) is 6.24. The van der Waals surface area contributed by atoms with E-state index in [4.69, 9.17) is 4.74 Å². The topological polar surface area (TPSA) is 44.8 Å². The van der Waals surface area contributed by atoms with E-state index < -0.39 is 0 Å². The molecule has 29 heavy (non-hydrogen) atoms. The Kier molecular flexibility index (Phi) is 9.25. The van der Waals surface area contributed by atoms with Crippen molar-refractivity contribution in [3.63, 3.8) is 0 Å². The van der Waals surface area contributed by atoms with Gasteiger partial charge in [-0.1, -0.05) is 33.1 Å². The van der Waals surface area contributed by atoms with Crippen LogP contribution in [0.3, 0.4) is 0 Å². The highest BCUT2D eigenvalue weighted by Crippen LogP contribution is 2.34. The van der Waals surface area contributed by atoms with Crippen LogP contribution in [0.25, 0.3) is 0 Å². The molecule has 1 saturated carbocycles. The standard InChI is InChI=1S/C23H37N3O2.ClH/c1-19(2)17-28-21-9-7-20(8-10-21)22(27)24-18-23(11-5-4-6-12-23)26-15-13-25(3)14-16-26;/h7-10,19H,4-6,11-18H2,1-3H3,(H,24,27);1H. The summed E-state index contributed by atoms with van der Waals surface area (Å²) < 4.78 is 5.72. The minimum atomic E-state index is 0. The van der Waals surface area contributed by atoms with Crippen molar-refractivity contribution in [3.05, 3.63) is 29.8 Å². The van der Waals surface area contributed by atoms with Crippen LogP contribution in [0.1, 0.15) is 56.3 Å². The van der Waals surface area contributed by atoms with E-state index in [9.17, 15) is 4.79 Å². The summed E-state index contributed by atoms with van der Waals surface area (Å²) in [5, 5.41) is 3.25. The molecule has 1 saturated heterocycles. The number of ether oxygens (including phenoxy) is 1. The van der Waals surface area contributed by atoms with E-state index in [1.54, 1.807) is 0 Å². The number of carbonyl (C=O) groups excluding carboxylic acids is 1. The summed E-state index contributed by atoms with van der Waals surface area (Å²) in [7, 11) is 2.20. The van der Waals surface area contributed by atoms with Crippen LogP contribution in [0.4, 0.5) is 0 Å². The maximum Gasteiger partial charge on any atom is 0.251 e. The predicted molar refractivity (Wildman–Crippen MR) is 121 cm³/mol. The van der Waals surface area contributed by atoms with Gasteiger partial charge in [-0.25, -0.2) is 0 Å². The summed E-state index contributed by atoms with van der Waals surface area (Å²) in [5.41, 5.74) is 0.844. The molecule has 0 radical (unpaired) electrons. The number of likely N-dealkylation sites (N-methyl/N-ethyl adjacent to an activating group) is 1. The van der Waals surface area contributed by atoms with Gasteiger partial charge in [-0.3, -0.25) is 9.69 Å². The Bertz CT molecular complexity index is 622. The van der Waals surface area contributed by atoms with Gasteiger partial charge in [-0.15, -0.1) is 12.4 Å². The van der Waals surface area contributed by atoms with Gasteiger partial charge in [0, 0.05) is 43.8 Å². The lowest BCUT2D eigenvalue weighted by Gasteiger charge is -2.49. The molecule has 1 amide bonds. The molecule has 1 aromatic carbocycles. The van der Waals surface area contributed by atoms with E-state index in [1.165, 1.54) is 32.1 Å². The fraction of sp³-hybridized carbons (Fsp3) is 0.696. The highest BCUT2D eigenvalue weighted by molar-refractivity contribution is 5.94. The summed E-state index contributed by atoms with van der Waals surface area (Å²) in [6, 6.07) is 7.53. The number of halogens is 1. The van der Waals surface area contributed by atoms with Gasteiger partial charge < -0.3 is 15.0 Å². The molecule has 6 heteroatoms. The molecule has 1 aromatic rings. The van der Waals surface area contributed by atoms with E-state index >= 15 is 0 Å². The number of nitrogens with one attached hydrogen (secondary N) is 1. The zero-order valence-electron chi connectivity index (χ0n) is 18.3. The SMILES string of the molecule is CC(C)COc1ccc(C(=O)NCC2(N3CCN(C)CC3)CCCCC2)cc1.Cl. The first-order chi connectivity index (χ1) is 13.5. The first kappa shape index (κ1) is 24.0. The van der Waals surface area contributed by atoms with Gasteiger partial charge in [0.15, 0.2) is 0 Å². The van der Waals surface area contributed by atoms with Gasteiger partial charge in [0.05, 0.1) is 6.61 Å². The summed E-state index contributed by atoms with van der Waals surface area (Å²) >= 11 is 0. The Hall–Kier alpha value is -1.30. The fourth-order valence-electron chi connectivity index (χ4n) is 4.41. The maximum atomic E-state index is 12.8. The second kappa shape index (κ2) is 11.2. The Morgan fingerprint density at radius 2 is 1.69 bits per heavy atom. The molecule has 2 aliphatic rings. The smallest absolute Gasteiger partial charge is 0.251 e. The summed E-state index contributed by atoms with van der Waals surface area (Å²) in [6.45, 7) is 10.1. The normalized spacial score (nSPS) is 20.1. The monoisotopic (exact) mass is 423 g/mol. The van der Waals surface area contributed by atoms with Crippen LogP contribution in [0.2, 0.25) is 0 Å². The predicted octanol–water partition coefficient (Wildman–Crippen LogP) is 3.82. The van der Waals surface area contributed by atoms with E-state index in [-0.39, 0.29) is 23.9 Å². The molecule has 0 aromatic heterocycles. The summed E-state index contributed by atoms with van der Waals surface area (Å²) in [4.78, 5) is 17.8. The quantitative estimate of drug-likeness (QED) is 0.724. The zero-order valence-corrected chi connectivity index (χ0v) is 19.1. The minimum absolute atomic E-state index is 0. The molecular weight excluding hydrogens is 386 g/mol. The van der Waals surface area contributed by atoms with E-state index in [0.29, 0.717) is 18.1 Å². The molecule has 1 aliphatic heterocycles. The third-order valence-electron chi connectivity index (χ3n) is 6.24. The molecule has 5 nitrogen and oxygen atoms in total. The largest absolute Gasteiger partial charge is 0.493 e. The average Bonchev–Trinajstić information content (AvgIpc) is 2.72. The summed E-state index contributed by atoms with van der Waals surface area (Å²) in [6.07, 6.45) is 6.24. The van der Waals surface area contributed by atoms with Crippen molar-refractivity contribution in [2.24, 2.45) is 5.92 Å². The number of rotatable bonds is 7. The second-order valence-corrected chi connectivity index (χ2v) is 8.99. The van der Waals surface area contributed by atoms with Crippen LogP contribution < -0.4 is 10.1 Å². The third kappa shape index (κ3) is 6.59. The lowest BCUT2D eigenvalue weighted by molar-refractivity contribution is 0.0138. The molecule has 1 N–H and O–H groups in total. The Balaban J connectivity index is 0.00000300. The van der Waals surface area contributed by atoms with Crippen molar-refractivity contribution < 1.29 is 9.53 Å². The van der Waals surface area contributed by atoms with Crippen molar-refractivity contribution >= 4 is 18.3 Å². The zero-order chi connectivity index (χ0) is 20.0. The Morgan fingerprint density at radius 3 is 2.28 bits per heavy atom. The van der Waals surface area contributed by atoms with Crippen molar-refractivity contribution in [1.82, 2.24) is 15.1 Å². The van der Waals surface area contributed by atoms with E-state index in [1.807, 2.05) is 24.3 Å². The molecule has 1 heterocycles. The van der Waals surface area contributed by atoms with Gasteiger partial charge in [0.25, 0.3) is 5.91 Å². The van der Waals surface area contributed by atoms with Gasteiger partial charge in [-0.2, -0.15) is 0 Å². The van der Waals surface area contributed by atoms with Crippen molar-refractivity contribution in [3.8, 4) is 5.75 Å². The molecule has 0 bridgehead atoms. The number of nitrogens with zero attached hydrogens (tertiary/aromatic N) is 2. The molecule has 0 unspecified atom stereocenters. The Morgan fingerprint density at radius 1 is 1.07 bits per heavy atom. The Labute approximate surface area is 182 Å². The van der Waals surface area contributed by atoms with Crippen molar-refractivity contribution in [1.29, 1.82) is 0 Å². The van der Waals surface area contributed by atoms with Crippen LogP contribution in [0.5, 0.6) is 5.75 Å². The minimum Gasteiger partial charge on any atom is -0.493 e. The molecular formula is C23H38ClN3O2. The van der Waals surface area contributed by atoms with Crippen molar-refractivity contribution in [2.45, 2.75) is 51.5 Å². The molecule has 1 aliphatic carbocycles. The number of piperazine rings is 1. The molecule has 164 valence electrons. The fourth-order valence-corrected chi connectivity index (χ4v) is 4.41. The number of benzene rings is 1. The van der Waals surface area contributed by atoms with Crippen LogP contribution in [-0.2, 0) is 0 Å². The summed E-state index contributed by atoms with van der Waals surface area (Å²) in [5.74, 6) is 1.34. The number of hydrogen-bond acceptors (Lipinski definition) is 4. The van der Waals surface area contributed by atoms with Crippen LogP contribution in [-0.4, -0.2) is 67.6 Å². The molecule has 3 rings (SSSR count). The first-order valence-electron chi connectivity index (χ1n) is 10.9. The second-order valence-electron chi connectivity index (χ2n) is 8.99. The van der Waals surface area contributed by atoms with Gasteiger partial charge in [0.1, 0.15) is 5.75 Å². The van der Waals surface area contributed by atoms with E-state index in [0.717, 1.165) is 38.5 Å². The van der Waals surface area contributed by atoms with E-state index in [2.05, 4.69) is 36.0 Å². The van der Waals surface area contributed by atoms with Gasteiger partial charge in [0.2, 0.25) is 0 Å². The first-order valence-corrected chi connectivity index (χ1v) is 10.9. The van der Waals surface area contributed by atoms with Gasteiger partial charge in [-0.05, 0) is 50.1 Å². The van der Waals surface area contributed by atoms with Crippen LogP contribution in [0.15, 0.2) is 24.3 Å². The highest BCUT2D eigenvalue weighted by atomic mass is 35.5. The highest BCUT2D eigenvalue weighted by Gasteiger charge is 2.39. The van der Waals surface area contributed by atoms with Crippen molar-refractivity contribution in [2.75, 3.05) is 46.4 Å². The maximum absolute atomic E-state index is 12.8. The van der Waals surface area contributed by atoms with Crippen LogP contribution in [0, 0.1) is 5.92 Å².